The fraction of sp³-hybridized carbons (Fsp3) is 0.250. The predicted octanol–water partition coefficient (Wildman–Crippen LogP) is 4.06. The maximum atomic E-state index is 12.6. The van der Waals surface area contributed by atoms with Crippen molar-refractivity contribution in [3.05, 3.63) is 46.9 Å². The molecule has 0 aliphatic carbocycles. The molecule has 1 unspecified atom stereocenters. The molecule has 1 aliphatic heterocycles. The van der Waals surface area contributed by atoms with Crippen LogP contribution in [0.2, 0.25) is 0 Å². The summed E-state index contributed by atoms with van der Waals surface area (Å²) in [6.07, 6.45) is -2.58. The Hall–Kier alpha value is -2.22. The van der Waals surface area contributed by atoms with Crippen LogP contribution in [0.3, 0.4) is 0 Å². The maximum Gasteiger partial charge on any atom is 0.408 e. The van der Waals surface area contributed by atoms with Gasteiger partial charge in [-0.15, -0.1) is 0 Å². The predicted molar refractivity (Wildman–Crippen MR) is 87.4 cm³/mol. The van der Waals surface area contributed by atoms with Crippen LogP contribution in [-0.4, -0.2) is 45.7 Å². The third-order valence-electron chi connectivity index (χ3n) is 3.51. The van der Waals surface area contributed by atoms with Crippen LogP contribution in [0, 0.1) is 0 Å². The van der Waals surface area contributed by atoms with E-state index in [1.54, 1.807) is 0 Å². The van der Waals surface area contributed by atoms with Gasteiger partial charge in [-0.25, -0.2) is 18.4 Å². The summed E-state index contributed by atoms with van der Waals surface area (Å²) in [6.45, 7) is -1.04. The van der Waals surface area contributed by atoms with Crippen LogP contribution in [-0.2, 0) is 4.79 Å². The summed E-state index contributed by atoms with van der Waals surface area (Å²) in [5, 5.41) is 19.4. The summed E-state index contributed by atoms with van der Waals surface area (Å²) in [6, 6.07) is 13.0. The van der Waals surface area contributed by atoms with Gasteiger partial charge in [0.05, 0.1) is 6.54 Å². The molecule has 0 saturated carbocycles. The number of alkyl halides is 2. The zero-order valence-corrected chi connectivity index (χ0v) is 13.9. The number of likely N-dealkylation sites (tertiary alicyclic amines) is 1. The summed E-state index contributed by atoms with van der Waals surface area (Å²) in [4.78, 5) is 20.9. The molecule has 1 amide bonds. The van der Waals surface area contributed by atoms with Crippen molar-refractivity contribution in [2.24, 2.45) is 0 Å². The third kappa shape index (κ3) is 4.41. The standard InChI is InChI=1S/C10H7Br.C6H7F2NO4/c11-10-6-5-8-3-1-2-4-9(8)7-10;7-6(8)1-3(4(10)11)9(2-6)5(12)13/h1-7H;3H,1-2H2,(H,10,11)(H,12,13). The Labute approximate surface area is 144 Å². The topological polar surface area (TPSA) is 77.8 Å². The van der Waals surface area contributed by atoms with Crippen LogP contribution < -0.4 is 0 Å². The fourth-order valence-electron chi connectivity index (χ4n) is 2.40. The number of carboxylic acids is 1. The molecule has 2 aromatic carbocycles. The molecule has 5 nitrogen and oxygen atoms in total. The van der Waals surface area contributed by atoms with E-state index in [1.807, 2.05) is 0 Å². The number of carbonyl (C=O) groups is 2. The summed E-state index contributed by atoms with van der Waals surface area (Å²) >= 11 is 3.43. The third-order valence-corrected chi connectivity index (χ3v) is 4.01. The summed E-state index contributed by atoms with van der Waals surface area (Å²) in [5.74, 6) is -4.78. The van der Waals surface area contributed by atoms with Crippen LogP contribution in [0.5, 0.6) is 0 Å². The monoisotopic (exact) mass is 401 g/mol. The van der Waals surface area contributed by atoms with Gasteiger partial charge in [-0.2, -0.15) is 0 Å². The number of benzene rings is 2. The second-order valence-electron chi connectivity index (χ2n) is 5.32. The van der Waals surface area contributed by atoms with Crippen molar-refractivity contribution in [1.82, 2.24) is 4.90 Å². The fourth-order valence-corrected chi connectivity index (χ4v) is 2.78. The molecule has 128 valence electrons. The van der Waals surface area contributed by atoms with Crippen molar-refractivity contribution in [2.45, 2.75) is 18.4 Å². The number of amides is 1. The van der Waals surface area contributed by atoms with Crippen molar-refractivity contribution in [3.8, 4) is 0 Å². The van der Waals surface area contributed by atoms with E-state index in [0.717, 1.165) is 4.47 Å². The average Bonchev–Trinajstić information content (AvgIpc) is 2.84. The number of fused-ring (bicyclic) bond motifs is 1. The Morgan fingerprint density at radius 3 is 2.29 bits per heavy atom. The number of hydrogen-bond donors (Lipinski definition) is 2. The molecule has 24 heavy (non-hydrogen) atoms. The van der Waals surface area contributed by atoms with Crippen molar-refractivity contribution in [1.29, 1.82) is 0 Å². The number of rotatable bonds is 1. The number of carboxylic acid groups (broad SMARTS) is 2. The lowest BCUT2D eigenvalue weighted by Gasteiger charge is -2.15. The zero-order valence-electron chi connectivity index (χ0n) is 12.3. The smallest absolute Gasteiger partial charge is 0.408 e. The Morgan fingerprint density at radius 1 is 1.12 bits per heavy atom. The molecule has 8 heteroatoms. The van der Waals surface area contributed by atoms with Crippen LogP contribution in [0.4, 0.5) is 13.6 Å². The van der Waals surface area contributed by atoms with E-state index in [2.05, 4.69) is 58.4 Å². The van der Waals surface area contributed by atoms with Crippen LogP contribution in [0.15, 0.2) is 46.9 Å². The van der Waals surface area contributed by atoms with E-state index < -0.39 is 37.0 Å². The molecule has 2 aromatic rings. The van der Waals surface area contributed by atoms with E-state index >= 15 is 0 Å². The van der Waals surface area contributed by atoms with Crippen LogP contribution in [0.1, 0.15) is 6.42 Å². The molecule has 1 aliphatic rings. The van der Waals surface area contributed by atoms with E-state index in [4.69, 9.17) is 10.2 Å². The van der Waals surface area contributed by atoms with E-state index in [1.165, 1.54) is 10.8 Å². The molecular formula is C16H14BrF2NO4. The van der Waals surface area contributed by atoms with Crippen LogP contribution >= 0.6 is 15.9 Å². The van der Waals surface area contributed by atoms with Gasteiger partial charge < -0.3 is 10.2 Å². The van der Waals surface area contributed by atoms with Crippen molar-refractivity contribution < 1.29 is 28.6 Å². The highest BCUT2D eigenvalue weighted by Crippen LogP contribution is 2.31. The molecule has 0 bridgehead atoms. The summed E-state index contributed by atoms with van der Waals surface area (Å²) in [7, 11) is 0. The minimum Gasteiger partial charge on any atom is -0.480 e. The first-order valence-electron chi connectivity index (χ1n) is 6.94. The van der Waals surface area contributed by atoms with Crippen molar-refractivity contribution in [3.63, 3.8) is 0 Å². The second-order valence-corrected chi connectivity index (χ2v) is 6.23. The minimum absolute atomic E-state index is 0.238. The highest BCUT2D eigenvalue weighted by Gasteiger charge is 2.50. The van der Waals surface area contributed by atoms with Gasteiger partial charge in [-0.3, -0.25) is 4.90 Å². The molecule has 2 N–H and O–H groups in total. The Kier molecular flexibility index (Phi) is 5.38. The van der Waals surface area contributed by atoms with Gasteiger partial charge in [-0.1, -0.05) is 46.3 Å². The Balaban J connectivity index is 0.000000175. The first-order valence-corrected chi connectivity index (χ1v) is 7.73. The average molecular weight is 402 g/mol. The molecule has 1 saturated heterocycles. The summed E-state index contributed by atoms with van der Waals surface area (Å²) in [5.41, 5.74) is 0. The van der Waals surface area contributed by atoms with Gasteiger partial charge in [0, 0.05) is 10.9 Å². The Bertz CT molecular complexity index is 745. The van der Waals surface area contributed by atoms with Gasteiger partial charge in [-0.05, 0) is 22.9 Å². The lowest BCUT2D eigenvalue weighted by atomic mass is 10.1. The van der Waals surface area contributed by atoms with Crippen LogP contribution in [0.25, 0.3) is 10.8 Å². The Morgan fingerprint density at radius 2 is 1.75 bits per heavy atom. The van der Waals surface area contributed by atoms with E-state index in [-0.39, 0.29) is 4.90 Å². The van der Waals surface area contributed by atoms with E-state index in [0.29, 0.717) is 0 Å². The quantitative estimate of drug-likeness (QED) is 0.754. The van der Waals surface area contributed by atoms with Gasteiger partial charge >= 0.3 is 12.1 Å². The van der Waals surface area contributed by atoms with Gasteiger partial charge in [0.25, 0.3) is 5.92 Å². The molecule has 3 rings (SSSR count). The van der Waals surface area contributed by atoms with Crippen molar-refractivity contribution in [2.75, 3.05) is 6.54 Å². The molecule has 1 atom stereocenters. The number of nitrogens with zero attached hydrogens (tertiary/aromatic N) is 1. The zero-order chi connectivity index (χ0) is 17.9. The molecule has 0 aromatic heterocycles. The first kappa shape index (κ1) is 18.1. The minimum atomic E-state index is -3.23. The highest BCUT2D eigenvalue weighted by atomic mass is 79.9. The van der Waals surface area contributed by atoms with Gasteiger partial charge in [0.1, 0.15) is 6.04 Å². The van der Waals surface area contributed by atoms with Gasteiger partial charge in [0.2, 0.25) is 0 Å². The highest BCUT2D eigenvalue weighted by molar-refractivity contribution is 9.10. The molecular weight excluding hydrogens is 388 g/mol. The number of aliphatic carboxylic acids is 1. The normalized spacial score (nSPS) is 18.8. The molecule has 0 radical (unpaired) electrons. The molecule has 1 heterocycles. The maximum absolute atomic E-state index is 12.6. The van der Waals surface area contributed by atoms with E-state index in [9.17, 15) is 18.4 Å². The lowest BCUT2D eigenvalue weighted by molar-refractivity contribution is -0.141. The number of halogens is 3. The van der Waals surface area contributed by atoms with Crippen molar-refractivity contribution >= 4 is 38.8 Å². The largest absolute Gasteiger partial charge is 0.480 e. The molecule has 0 spiro atoms. The number of hydrogen-bond acceptors (Lipinski definition) is 2. The van der Waals surface area contributed by atoms with Gasteiger partial charge in [0.15, 0.2) is 0 Å². The SMILES string of the molecule is Brc1ccc2ccccc2c1.O=C(O)C1CC(F)(F)CN1C(=O)O. The lowest BCUT2D eigenvalue weighted by Crippen LogP contribution is -2.39. The molecule has 1 fully saturated rings. The first-order chi connectivity index (χ1) is 11.2. The second kappa shape index (κ2) is 7.12. The summed E-state index contributed by atoms with van der Waals surface area (Å²) < 4.78 is 26.3.